The van der Waals surface area contributed by atoms with Gasteiger partial charge in [0.2, 0.25) is 0 Å². The zero-order chi connectivity index (χ0) is 14.4. The molecule has 1 aromatic heterocycles. The first-order valence-electron chi connectivity index (χ1n) is 6.66. The SMILES string of the molecule is COCCNCc1ccn(Cc2ccc(C)cc2Cl)n1. The van der Waals surface area contributed by atoms with Gasteiger partial charge in [-0.05, 0) is 30.2 Å². The third-order valence-electron chi connectivity index (χ3n) is 3.03. The number of rotatable bonds is 7. The van der Waals surface area contributed by atoms with Gasteiger partial charge in [0.15, 0.2) is 0 Å². The van der Waals surface area contributed by atoms with E-state index in [1.807, 2.05) is 29.9 Å². The summed E-state index contributed by atoms with van der Waals surface area (Å²) in [5.74, 6) is 0. The molecule has 0 amide bonds. The van der Waals surface area contributed by atoms with Crippen molar-refractivity contribution < 1.29 is 4.74 Å². The lowest BCUT2D eigenvalue weighted by molar-refractivity contribution is 0.199. The summed E-state index contributed by atoms with van der Waals surface area (Å²) in [5, 5.41) is 8.59. The maximum Gasteiger partial charge on any atom is 0.0762 e. The van der Waals surface area contributed by atoms with Gasteiger partial charge in [-0.2, -0.15) is 5.10 Å². The largest absolute Gasteiger partial charge is 0.383 e. The summed E-state index contributed by atoms with van der Waals surface area (Å²) in [6, 6.07) is 8.11. The molecule has 5 heteroatoms. The highest BCUT2D eigenvalue weighted by Gasteiger charge is 2.03. The van der Waals surface area contributed by atoms with E-state index in [9.17, 15) is 0 Å². The highest BCUT2D eigenvalue weighted by atomic mass is 35.5. The van der Waals surface area contributed by atoms with Crippen molar-refractivity contribution in [2.45, 2.75) is 20.0 Å². The molecule has 1 heterocycles. The second kappa shape index (κ2) is 7.43. The monoisotopic (exact) mass is 293 g/mol. The lowest BCUT2D eigenvalue weighted by Gasteiger charge is -2.06. The average molecular weight is 294 g/mol. The van der Waals surface area contributed by atoms with Gasteiger partial charge in [0.1, 0.15) is 0 Å². The first-order chi connectivity index (χ1) is 9.69. The van der Waals surface area contributed by atoms with Crippen LogP contribution in [0.25, 0.3) is 0 Å². The van der Waals surface area contributed by atoms with E-state index in [4.69, 9.17) is 16.3 Å². The summed E-state index contributed by atoms with van der Waals surface area (Å²) in [6.07, 6.45) is 1.98. The third kappa shape index (κ3) is 4.34. The van der Waals surface area contributed by atoms with Gasteiger partial charge in [-0.3, -0.25) is 4.68 Å². The molecule has 4 nitrogen and oxygen atoms in total. The van der Waals surface area contributed by atoms with Crippen LogP contribution in [0.1, 0.15) is 16.8 Å². The van der Waals surface area contributed by atoms with Gasteiger partial charge in [0.25, 0.3) is 0 Å². The van der Waals surface area contributed by atoms with Gasteiger partial charge < -0.3 is 10.1 Å². The maximum absolute atomic E-state index is 6.24. The lowest BCUT2D eigenvalue weighted by Crippen LogP contribution is -2.19. The van der Waals surface area contributed by atoms with E-state index >= 15 is 0 Å². The molecule has 0 bridgehead atoms. The molecule has 0 saturated heterocycles. The molecule has 0 aliphatic rings. The number of methoxy groups -OCH3 is 1. The van der Waals surface area contributed by atoms with Crippen molar-refractivity contribution >= 4 is 11.6 Å². The summed E-state index contributed by atoms with van der Waals surface area (Å²) >= 11 is 6.24. The molecule has 0 radical (unpaired) electrons. The van der Waals surface area contributed by atoms with E-state index in [-0.39, 0.29) is 0 Å². The molecule has 0 aliphatic heterocycles. The van der Waals surface area contributed by atoms with Crippen molar-refractivity contribution in [3.63, 3.8) is 0 Å². The van der Waals surface area contributed by atoms with Crippen LogP contribution in [0.5, 0.6) is 0 Å². The van der Waals surface area contributed by atoms with Crippen molar-refractivity contribution in [3.05, 3.63) is 52.3 Å². The molecule has 0 unspecified atom stereocenters. The van der Waals surface area contributed by atoms with Crippen LogP contribution in [0.15, 0.2) is 30.5 Å². The molecular weight excluding hydrogens is 274 g/mol. The van der Waals surface area contributed by atoms with Gasteiger partial charge in [-0.15, -0.1) is 0 Å². The quantitative estimate of drug-likeness (QED) is 0.798. The number of hydrogen-bond donors (Lipinski definition) is 1. The number of ether oxygens (including phenoxy) is 1. The van der Waals surface area contributed by atoms with Crippen LogP contribution in [0, 0.1) is 6.92 Å². The Bertz CT molecular complexity index is 554. The average Bonchev–Trinajstić information content (AvgIpc) is 2.86. The molecular formula is C15H20ClN3O. The Morgan fingerprint density at radius 3 is 2.95 bits per heavy atom. The minimum absolute atomic E-state index is 0.692. The van der Waals surface area contributed by atoms with E-state index in [2.05, 4.69) is 22.5 Å². The van der Waals surface area contributed by atoms with Gasteiger partial charge in [0.05, 0.1) is 18.8 Å². The molecule has 0 spiro atoms. The third-order valence-corrected chi connectivity index (χ3v) is 3.38. The van der Waals surface area contributed by atoms with Crippen LogP contribution in [0.2, 0.25) is 5.02 Å². The molecule has 2 rings (SSSR count). The first-order valence-corrected chi connectivity index (χ1v) is 7.04. The van der Waals surface area contributed by atoms with Gasteiger partial charge in [0, 0.05) is 31.4 Å². The number of hydrogen-bond acceptors (Lipinski definition) is 3. The Kier molecular flexibility index (Phi) is 5.59. The lowest BCUT2D eigenvalue weighted by atomic mass is 10.1. The molecule has 108 valence electrons. The van der Waals surface area contributed by atoms with Crippen LogP contribution >= 0.6 is 11.6 Å². The number of benzene rings is 1. The predicted octanol–water partition coefficient (Wildman–Crippen LogP) is 2.63. The molecule has 2 aromatic rings. The van der Waals surface area contributed by atoms with E-state index in [1.165, 1.54) is 5.56 Å². The Balaban J connectivity index is 1.92. The van der Waals surface area contributed by atoms with Crippen molar-refractivity contribution in [1.29, 1.82) is 0 Å². The van der Waals surface area contributed by atoms with Crippen molar-refractivity contribution in [2.24, 2.45) is 0 Å². The van der Waals surface area contributed by atoms with Crippen LogP contribution in [0.4, 0.5) is 0 Å². The zero-order valence-corrected chi connectivity index (χ0v) is 12.7. The highest BCUT2D eigenvalue weighted by Crippen LogP contribution is 2.18. The number of aryl methyl sites for hydroxylation is 1. The first kappa shape index (κ1) is 15.0. The second-order valence-electron chi connectivity index (χ2n) is 4.77. The molecule has 0 saturated carbocycles. The van der Waals surface area contributed by atoms with Crippen molar-refractivity contribution in [2.75, 3.05) is 20.3 Å². The fourth-order valence-electron chi connectivity index (χ4n) is 1.93. The van der Waals surface area contributed by atoms with Gasteiger partial charge >= 0.3 is 0 Å². The Hall–Kier alpha value is -1.36. The van der Waals surface area contributed by atoms with Crippen LogP contribution in [-0.2, 0) is 17.8 Å². The van der Waals surface area contributed by atoms with Gasteiger partial charge in [-0.1, -0.05) is 23.7 Å². The molecule has 20 heavy (non-hydrogen) atoms. The minimum atomic E-state index is 0.692. The predicted molar refractivity (Wildman–Crippen MR) is 81.1 cm³/mol. The van der Waals surface area contributed by atoms with Crippen molar-refractivity contribution in [1.82, 2.24) is 15.1 Å². The van der Waals surface area contributed by atoms with Crippen LogP contribution in [0.3, 0.4) is 0 Å². The maximum atomic E-state index is 6.24. The summed E-state index contributed by atoms with van der Waals surface area (Å²) in [4.78, 5) is 0. The highest BCUT2D eigenvalue weighted by molar-refractivity contribution is 6.31. The van der Waals surface area contributed by atoms with E-state index in [0.717, 1.165) is 29.4 Å². The van der Waals surface area contributed by atoms with E-state index in [1.54, 1.807) is 7.11 Å². The fraction of sp³-hybridized carbons (Fsp3) is 0.400. The molecule has 1 N–H and O–H groups in total. The van der Waals surface area contributed by atoms with E-state index in [0.29, 0.717) is 13.2 Å². The molecule has 1 aromatic carbocycles. The Morgan fingerprint density at radius 1 is 1.35 bits per heavy atom. The standard InChI is InChI=1S/C15H20ClN3O/c1-12-3-4-13(15(16)9-12)11-19-7-5-14(18-19)10-17-6-8-20-2/h3-5,7,9,17H,6,8,10-11H2,1-2H3. The Labute approximate surface area is 124 Å². The zero-order valence-electron chi connectivity index (χ0n) is 11.9. The number of aromatic nitrogens is 2. The molecule has 0 fully saturated rings. The number of nitrogens with one attached hydrogen (secondary N) is 1. The van der Waals surface area contributed by atoms with Crippen LogP contribution < -0.4 is 5.32 Å². The summed E-state index contributed by atoms with van der Waals surface area (Å²) in [5.41, 5.74) is 3.27. The topological polar surface area (TPSA) is 39.1 Å². The number of nitrogens with zero attached hydrogens (tertiary/aromatic N) is 2. The van der Waals surface area contributed by atoms with Gasteiger partial charge in [-0.25, -0.2) is 0 Å². The smallest absolute Gasteiger partial charge is 0.0762 e. The molecule has 0 aliphatic carbocycles. The Morgan fingerprint density at radius 2 is 2.20 bits per heavy atom. The van der Waals surface area contributed by atoms with E-state index < -0.39 is 0 Å². The van der Waals surface area contributed by atoms with Crippen LogP contribution in [-0.4, -0.2) is 30.0 Å². The summed E-state index contributed by atoms with van der Waals surface area (Å²) < 4.78 is 6.89. The molecule has 0 atom stereocenters. The van der Waals surface area contributed by atoms with Crippen molar-refractivity contribution in [3.8, 4) is 0 Å². The second-order valence-corrected chi connectivity index (χ2v) is 5.18. The summed E-state index contributed by atoms with van der Waals surface area (Å²) in [6.45, 7) is 5.01. The minimum Gasteiger partial charge on any atom is -0.383 e. The summed E-state index contributed by atoms with van der Waals surface area (Å²) in [7, 11) is 1.70. The number of halogens is 1. The normalized spacial score (nSPS) is 10.9. The fourth-order valence-corrected chi connectivity index (χ4v) is 2.23.